The van der Waals surface area contributed by atoms with Crippen molar-refractivity contribution in [2.24, 2.45) is 0 Å². The number of nitrogens with zero attached hydrogens (tertiary/aromatic N) is 2. The minimum absolute atomic E-state index is 0.0325. The lowest BCUT2D eigenvalue weighted by molar-refractivity contribution is 0.385. The summed E-state index contributed by atoms with van der Waals surface area (Å²) in [6.45, 7) is 2.64. The van der Waals surface area contributed by atoms with E-state index in [2.05, 4.69) is 10.3 Å². The van der Waals surface area contributed by atoms with Crippen molar-refractivity contribution in [3.05, 3.63) is 53.0 Å². The molecule has 0 spiro atoms. The molecule has 0 aliphatic heterocycles. The second-order valence-corrected chi connectivity index (χ2v) is 5.69. The van der Waals surface area contributed by atoms with Gasteiger partial charge in [-0.1, -0.05) is 6.07 Å². The normalized spacial score (nSPS) is 12.7. The second-order valence-electron chi connectivity index (χ2n) is 4.82. The molecule has 110 valence electrons. The summed E-state index contributed by atoms with van der Waals surface area (Å²) in [6, 6.07) is 5.05. The van der Waals surface area contributed by atoms with Gasteiger partial charge in [0.15, 0.2) is 16.5 Å². The number of hydrogen-bond donors (Lipinski definition) is 1. The number of halogens is 1. The summed E-state index contributed by atoms with van der Waals surface area (Å²) in [5.41, 5.74) is 1.86. The molecule has 1 N–H and O–H groups in total. The molecular formula is C15H16FN3OS. The first-order valence-electron chi connectivity index (χ1n) is 6.65. The van der Waals surface area contributed by atoms with Crippen molar-refractivity contribution in [1.82, 2.24) is 14.7 Å². The van der Waals surface area contributed by atoms with E-state index in [0.29, 0.717) is 6.54 Å². The number of rotatable bonds is 5. The molecule has 21 heavy (non-hydrogen) atoms. The molecule has 0 radical (unpaired) electrons. The molecule has 0 amide bonds. The van der Waals surface area contributed by atoms with E-state index in [9.17, 15) is 4.39 Å². The van der Waals surface area contributed by atoms with Crippen LogP contribution in [0.3, 0.4) is 0 Å². The molecule has 2 heterocycles. The van der Waals surface area contributed by atoms with Gasteiger partial charge in [0.2, 0.25) is 0 Å². The molecular weight excluding hydrogens is 289 g/mol. The molecule has 0 unspecified atom stereocenters. The fourth-order valence-electron chi connectivity index (χ4n) is 2.19. The highest BCUT2D eigenvalue weighted by atomic mass is 32.1. The van der Waals surface area contributed by atoms with Crippen LogP contribution in [0.1, 0.15) is 24.2 Å². The fraction of sp³-hybridized carbons (Fsp3) is 0.267. The Morgan fingerprint density at radius 3 is 3.05 bits per heavy atom. The summed E-state index contributed by atoms with van der Waals surface area (Å²) >= 11 is 1.61. The van der Waals surface area contributed by atoms with Crippen LogP contribution in [0.4, 0.5) is 4.39 Å². The third kappa shape index (κ3) is 2.91. The van der Waals surface area contributed by atoms with Crippen molar-refractivity contribution in [3.63, 3.8) is 0 Å². The van der Waals surface area contributed by atoms with E-state index >= 15 is 0 Å². The number of ether oxygens (including phenoxy) is 1. The first kappa shape index (κ1) is 14.0. The van der Waals surface area contributed by atoms with Crippen LogP contribution in [0.5, 0.6) is 5.75 Å². The van der Waals surface area contributed by atoms with E-state index in [4.69, 9.17) is 4.74 Å². The summed E-state index contributed by atoms with van der Waals surface area (Å²) in [4.78, 5) is 5.49. The van der Waals surface area contributed by atoms with Gasteiger partial charge >= 0.3 is 0 Å². The Morgan fingerprint density at radius 2 is 2.33 bits per heavy atom. The number of methoxy groups -OCH3 is 1. The van der Waals surface area contributed by atoms with Crippen LogP contribution >= 0.6 is 11.3 Å². The van der Waals surface area contributed by atoms with E-state index < -0.39 is 0 Å². The Balaban J connectivity index is 1.67. The van der Waals surface area contributed by atoms with Gasteiger partial charge in [0, 0.05) is 30.4 Å². The van der Waals surface area contributed by atoms with Crippen molar-refractivity contribution in [1.29, 1.82) is 0 Å². The van der Waals surface area contributed by atoms with Crippen LogP contribution in [0.25, 0.3) is 4.96 Å². The van der Waals surface area contributed by atoms with Gasteiger partial charge in [-0.05, 0) is 24.6 Å². The molecule has 3 aromatic rings. The van der Waals surface area contributed by atoms with Crippen LogP contribution in [-0.4, -0.2) is 16.5 Å². The molecule has 0 fully saturated rings. The third-order valence-corrected chi connectivity index (χ3v) is 4.18. The van der Waals surface area contributed by atoms with Crippen molar-refractivity contribution >= 4 is 16.3 Å². The first-order chi connectivity index (χ1) is 10.2. The van der Waals surface area contributed by atoms with Gasteiger partial charge in [-0.2, -0.15) is 0 Å². The lowest BCUT2D eigenvalue weighted by Gasteiger charge is -2.14. The average Bonchev–Trinajstić information content (AvgIpc) is 3.05. The average molecular weight is 305 g/mol. The Bertz CT molecular complexity index is 724. The molecule has 2 aromatic heterocycles. The molecule has 0 saturated carbocycles. The smallest absolute Gasteiger partial charge is 0.193 e. The Morgan fingerprint density at radius 1 is 1.48 bits per heavy atom. The molecule has 0 aliphatic carbocycles. The molecule has 0 aliphatic rings. The largest absolute Gasteiger partial charge is 0.494 e. The lowest BCUT2D eigenvalue weighted by atomic mass is 10.1. The number of thiazole rings is 1. The quantitative estimate of drug-likeness (QED) is 0.785. The molecule has 3 rings (SSSR count). The van der Waals surface area contributed by atoms with Crippen molar-refractivity contribution < 1.29 is 9.13 Å². The Hall–Kier alpha value is -1.92. The minimum atomic E-state index is -0.342. The molecule has 1 atom stereocenters. The van der Waals surface area contributed by atoms with Crippen molar-refractivity contribution in [3.8, 4) is 5.75 Å². The maximum absolute atomic E-state index is 13.7. The van der Waals surface area contributed by atoms with E-state index in [1.807, 2.05) is 35.2 Å². The lowest BCUT2D eigenvalue weighted by Crippen LogP contribution is -2.18. The number of imidazole rings is 1. The van der Waals surface area contributed by atoms with E-state index in [1.165, 1.54) is 13.2 Å². The topological polar surface area (TPSA) is 38.6 Å². The van der Waals surface area contributed by atoms with Crippen molar-refractivity contribution in [2.45, 2.75) is 19.5 Å². The first-order valence-corrected chi connectivity index (χ1v) is 7.53. The number of fused-ring (bicyclic) bond motifs is 1. The number of hydrogen-bond acceptors (Lipinski definition) is 4. The molecule has 1 aromatic carbocycles. The maximum atomic E-state index is 13.7. The SMILES string of the molecule is COc1ccc([C@@H](C)NCc2cn3ccsc3n2)cc1F. The van der Waals surface area contributed by atoms with Gasteiger partial charge < -0.3 is 10.1 Å². The fourth-order valence-corrected chi connectivity index (χ4v) is 2.91. The predicted octanol–water partition coefficient (Wildman–Crippen LogP) is 3.39. The monoisotopic (exact) mass is 305 g/mol. The van der Waals surface area contributed by atoms with Crippen LogP contribution < -0.4 is 10.1 Å². The maximum Gasteiger partial charge on any atom is 0.193 e. The van der Waals surface area contributed by atoms with Gasteiger partial charge in [-0.3, -0.25) is 4.40 Å². The van der Waals surface area contributed by atoms with E-state index in [0.717, 1.165) is 16.2 Å². The second kappa shape index (κ2) is 5.83. The minimum Gasteiger partial charge on any atom is -0.494 e. The van der Waals surface area contributed by atoms with Gasteiger partial charge in [-0.25, -0.2) is 9.37 Å². The number of benzene rings is 1. The van der Waals surface area contributed by atoms with Crippen LogP contribution in [0, 0.1) is 5.82 Å². The zero-order chi connectivity index (χ0) is 14.8. The van der Waals surface area contributed by atoms with Gasteiger partial charge in [0.05, 0.1) is 12.8 Å². The zero-order valence-corrected chi connectivity index (χ0v) is 12.7. The summed E-state index contributed by atoms with van der Waals surface area (Å²) in [6.07, 6.45) is 3.99. The summed E-state index contributed by atoms with van der Waals surface area (Å²) < 4.78 is 20.6. The van der Waals surface area contributed by atoms with Gasteiger partial charge in [0.1, 0.15) is 0 Å². The van der Waals surface area contributed by atoms with E-state index in [1.54, 1.807) is 17.4 Å². The van der Waals surface area contributed by atoms with Crippen LogP contribution in [-0.2, 0) is 6.54 Å². The summed E-state index contributed by atoms with van der Waals surface area (Å²) in [5, 5.41) is 5.35. The standard InChI is InChI=1S/C15H16FN3OS/c1-10(11-3-4-14(20-2)13(16)7-11)17-8-12-9-19-5-6-21-15(19)18-12/h3-7,9-10,17H,8H2,1-2H3/t10-/m1/s1. The molecule has 0 saturated heterocycles. The summed E-state index contributed by atoms with van der Waals surface area (Å²) in [5.74, 6) is -0.0774. The highest BCUT2D eigenvalue weighted by Gasteiger charge is 2.10. The highest BCUT2D eigenvalue weighted by molar-refractivity contribution is 7.15. The van der Waals surface area contributed by atoms with Gasteiger partial charge in [-0.15, -0.1) is 11.3 Å². The zero-order valence-electron chi connectivity index (χ0n) is 11.8. The number of aromatic nitrogens is 2. The number of nitrogens with one attached hydrogen (secondary N) is 1. The van der Waals surface area contributed by atoms with Crippen LogP contribution in [0.15, 0.2) is 36.0 Å². The van der Waals surface area contributed by atoms with Crippen molar-refractivity contribution in [2.75, 3.05) is 7.11 Å². The van der Waals surface area contributed by atoms with Gasteiger partial charge in [0.25, 0.3) is 0 Å². The Kier molecular flexibility index (Phi) is 3.90. The molecule has 4 nitrogen and oxygen atoms in total. The summed E-state index contributed by atoms with van der Waals surface area (Å²) in [7, 11) is 1.46. The Labute approximate surface area is 126 Å². The van der Waals surface area contributed by atoms with E-state index in [-0.39, 0.29) is 17.6 Å². The predicted molar refractivity (Wildman–Crippen MR) is 81.3 cm³/mol. The van der Waals surface area contributed by atoms with Crippen LogP contribution in [0.2, 0.25) is 0 Å². The molecule has 0 bridgehead atoms. The molecule has 6 heteroatoms. The highest BCUT2D eigenvalue weighted by Crippen LogP contribution is 2.22. The third-order valence-electron chi connectivity index (χ3n) is 3.41.